The maximum Gasteiger partial charge on any atom is 0.241 e. The van der Waals surface area contributed by atoms with Crippen molar-refractivity contribution >= 4 is 23.4 Å². The smallest absolute Gasteiger partial charge is 0.241 e. The molecule has 0 bridgehead atoms. The quantitative estimate of drug-likeness (QED) is 0.903. The molecule has 2 rings (SSSR count). The molecule has 0 aromatic heterocycles. The first-order chi connectivity index (χ1) is 9.65. The van der Waals surface area contributed by atoms with E-state index in [-0.39, 0.29) is 18.4 Å². The summed E-state index contributed by atoms with van der Waals surface area (Å²) in [6.07, 6.45) is 3.17. The number of carbonyl (C=O) groups is 2. The molecule has 1 aromatic rings. The Labute approximate surface area is 124 Å². The Morgan fingerprint density at radius 3 is 2.45 bits per heavy atom. The van der Waals surface area contributed by atoms with Gasteiger partial charge in [-0.15, -0.1) is 0 Å². The molecule has 1 N–H and O–H groups in total. The van der Waals surface area contributed by atoms with Crippen molar-refractivity contribution < 1.29 is 9.59 Å². The van der Waals surface area contributed by atoms with Crippen LogP contribution in [0.15, 0.2) is 24.3 Å². The number of benzene rings is 1. The van der Waals surface area contributed by atoms with E-state index in [0.717, 1.165) is 31.5 Å². The van der Waals surface area contributed by atoms with Gasteiger partial charge in [-0.1, -0.05) is 23.7 Å². The van der Waals surface area contributed by atoms with Gasteiger partial charge in [-0.05, 0) is 37.0 Å². The normalized spacial score (nSPS) is 14.3. The second-order valence-corrected chi connectivity index (χ2v) is 5.43. The van der Waals surface area contributed by atoms with Gasteiger partial charge in [-0.3, -0.25) is 9.59 Å². The zero-order valence-electron chi connectivity index (χ0n) is 11.4. The molecule has 1 heterocycles. The third-order valence-corrected chi connectivity index (χ3v) is 3.70. The molecule has 5 heteroatoms. The Kier molecular flexibility index (Phi) is 5.41. The molecule has 1 aliphatic heterocycles. The third kappa shape index (κ3) is 4.53. The highest BCUT2D eigenvalue weighted by Gasteiger charge is 2.17. The fraction of sp³-hybridized carbons (Fsp3) is 0.467. The average Bonchev–Trinajstić information content (AvgIpc) is 2.98. The number of nitrogens with zero attached hydrogens (tertiary/aromatic N) is 1. The molecular weight excluding hydrogens is 276 g/mol. The van der Waals surface area contributed by atoms with Crippen LogP contribution >= 0.6 is 11.6 Å². The van der Waals surface area contributed by atoms with Crippen LogP contribution in [-0.4, -0.2) is 36.3 Å². The molecule has 1 saturated heterocycles. The summed E-state index contributed by atoms with van der Waals surface area (Å²) in [5.74, 6) is -0.0742. The fourth-order valence-electron chi connectivity index (χ4n) is 2.25. The van der Waals surface area contributed by atoms with E-state index in [2.05, 4.69) is 5.32 Å². The van der Waals surface area contributed by atoms with Gasteiger partial charge in [0.1, 0.15) is 0 Å². The van der Waals surface area contributed by atoms with Gasteiger partial charge in [0.15, 0.2) is 0 Å². The summed E-state index contributed by atoms with van der Waals surface area (Å²) in [4.78, 5) is 25.3. The van der Waals surface area contributed by atoms with Crippen LogP contribution in [-0.2, 0) is 16.0 Å². The second kappa shape index (κ2) is 7.29. The summed E-state index contributed by atoms with van der Waals surface area (Å²) in [6, 6.07) is 7.44. The molecule has 0 saturated carbocycles. The van der Waals surface area contributed by atoms with E-state index in [4.69, 9.17) is 11.6 Å². The van der Waals surface area contributed by atoms with Gasteiger partial charge in [0.2, 0.25) is 11.8 Å². The molecule has 2 amide bonds. The standard InChI is InChI=1S/C15H19ClN2O2/c16-13-6-3-12(4-7-13)5-8-14(19)17-11-15(20)18-9-1-2-10-18/h3-4,6-7H,1-2,5,8-11H2,(H,17,19). The first-order valence-corrected chi connectivity index (χ1v) is 7.32. The lowest BCUT2D eigenvalue weighted by molar-refractivity contribution is -0.132. The molecule has 1 aliphatic rings. The lowest BCUT2D eigenvalue weighted by Gasteiger charge is -2.15. The minimum atomic E-state index is -0.0903. The number of rotatable bonds is 5. The van der Waals surface area contributed by atoms with Gasteiger partial charge in [0.05, 0.1) is 6.54 Å². The Bertz CT molecular complexity index is 467. The van der Waals surface area contributed by atoms with Crippen LogP contribution in [0.4, 0.5) is 0 Å². The van der Waals surface area contributed by atoms with E-state index in [1.807, 2.05) is 24.3 Å². The predicted molar refractivity (Wildman–Crippen MR) is 78.6 cm³/mol. The summed E-state index contributed by atoms with van der Waals surface area (Å²) >= 11 is 5.80. The SMILES string of the molecule is O=C(CCc1ccc(Cl)cc1)NCC(=O)N1CCCC1. The number of hydrogen-bond donors (Lipinski definition) is 1. The summed E-state index contributed by atoms with van der Waals surface area (Å²) in [5.41, 5.74) is 1.07. The number of carbonyl (C=O) groups excluding carboxylic acids is 2. The van der Waals surface area contributed by atoms with Crippen molar-refractivity contribution in [3.8, 4) is 0 Å². The fourth-order valence-corrected chi connectivity index (χ4v) is 2.38. The molecule has 1 fully saturated rings. The Morgan fingerprint density at radius 1 is 1.15 bits per heavy atom. The molecule has 108 valence electrons. The Balaban J connectivity index is 1.67. The highest BCUT2D eigenvalue weighted by Crippen LogP contribution is 2.11. The predicted octanol–water partition coefficient (Wildman–Crippen LogP) is 2.01. The van der Waals surface area contributed by atoms with E-state index in [9.17, 15) is 9.59 Å². The summed E-state index contributed by atoms with van der Waals surface area (Å²) in [7, 11) is 0. The first-order valence-electron chi connectivity index (χ1n) is 6.94. The number of hydrogen-bond acceptors (Lipinski definition) is 2. The van der Waals surface area contributed by atoms with E-state index in [1.165, 1.54) is 0 Å². The topological polar surface area (TPSA) is 49.4 Å². The van der Waals surface area contributed by atoms with Crippen molar-refractivity contribution in [2.24, 2.45) is 0 Å². The van der Waals surface area contributed by atoms with E-state index >= 15 is 0 Å². The molecule has 0 spiro atoms. The van der Waals surface area contributed by atoms with Gasteiger partial charge in [0, 0.05) is 24.5 Å². The first kappa shape index (κ1) is 14.9. The number of aryl methyl sites for hydroxylation is 1. The van der Waals surface area contributed by atoms with Crippen molar-refractivity contribution in [3.05, 3.63) is 34.9 Å². The average molecular weight is 295 g/mol. The lowest BCUT2D eigenvalue weighted by atomic mass is 10.1. The highest BCUT2D eigenvalue weighted by atomic mass is 35.5. The van der Waals surface area contributed by atoms with Gasteiger partial charge >= 0.3 is 0 Å². The van der Waals surface area contributed by atoms with Crippen molar-refractivity contribution in [1.29, 1.82) is 0 Å². The summed E-state index contributed by atoms with van der Waals surface area (Å²) < 4.78 is 0. The minimum absolute atomic E-state index is 0.0161. The molecule has 0 aliphatic carbocycles. The number of likely N-dealkylation sites (tertiary alicyclic amines) is 1. The van der Waals surface area contributed by atoms with Crippen LogP contribution in [0.3, 0.4) is 0 Å². The van der Waals surface area contributed by atoms with Gasteiger partial charge < -0.3 is 10.2 Å². The monoisotopic (exact) mass is 294 g/mol. The minimum Gasteiger partial charge on any atom is -0.347 e. The number of amides is 2. The number of nitrogens with one attached hydrogen (secondary N) is 1. The van der Waals surface area contributed by atoms with E-state index in [1.54, 1.807) is 4.90 Å². The van der Waals surface area contributed by atoms with Crippen LogP contribution in [0.1, 0.15) is 24.8 Å². The largest absolute Gasteiger partial charge is 0.347 e. The van der Waals surface area contributed by atoms with Gasteiger partial charge in [-0.2, -0.15) is 0 Å². The highest BCUT2D eigenvalue weighted by molar-refractivity contribution is 6.30. The second-order valence-electron chi connectivity index (χ2n) is 4.99. The maximum atomic E-state index is 11.8. The van der Waals surface area contributed by atoms with Crippen LogP contribution in [0, 0.1) is 0 Å². The van der Waals surface area contributed by atoms with Gasteiger partial charge in [0.25, 0.3) is 0 Å². The van der Waals surface area contributed by atoms with Crippen LogP contribution in [0.5, 0.6) is 0 Å². The molecule has 0 unspecified atom stereocenters. The van der Waals surface area contributed by atoms with Crippen LogP contribution in [0.25, 0.3) is 0 Å². The van der Waals surface area contributed by atoms with Crippen molar-refractivity contribution in [3.63, 3.8) is 0 Å². The van der Waals surface area contributed by atoms with Crippen LogP contribution in [0.2, 0.25) is 5.02 Å². The lowest BCUT2D eigenvalue weighted by Crippen LogP contribution is -2.38. The maximum absolute atomic E-state index is 11.8. The van der Waals surface area contributed by atoms with Crippen molar-refractivity contribution in [1.82, 2.24) is 10.2 Å². The van der Waals surface area contributed by atoms with Gasteiger partial charge in [-0.25, -0.2) is 0 Å². The molecule has 4 nitrogen and oxygen atoms in total. The molecule has 20 heavy (non-hydrogen) atoms. The number of halogens is 1. The zero-order valence-corrected chi connectivity index (χ0v) is 12.2. The summed E-state index contributed by atoms with van der Waals surface area (Å²) in [6.45, 7) is 1.75. The molecule has 1 aromatic carbocycles. The van der Waals surface area contributed by atoms with E-state index in [0.29, 0.717) is 17.9 Å². The summed E-state index contributed by atoms with van der Waals surface area (Å²) in [5, 5.41) is 3.37. The van der Waals surface area contributed by atoms with Crippen molar-refractivity contribution in [2.45, 2.75) is 25.7 Å². The Morgan fingerprint density at radius 2 is 1.80 bits per heavy atom. The van der Waals surface area contributed by atoms with E-state index < -0.39 is 0 Å². The zero-order chi connectivity index (χ0) is 14.4. The third-order valence-electron chi connectivity index (χ3n) is 3.45. The Hall–Kier alpha value is -1.55. The molecule has 0 radical (unpaired) electrons. The molecular formula is C15H19ClN2O2. The molecule has 0 atom stereocenters. The van der Waals surface area contributed by atoms with Crippen molar-refractivity contribution in [2.75, 3.05) is 19.6 Å². The van der Waals surface area contributed by atoms with Crippen LogP contribution < -0.4 is 5.32 Å².